The van der Waals surface area contributed by atoms with E-state index in [4.69, 9.17) is 0 Å². The number of hydrogen-bond acceptors (Lipinski definition) is 4. The summed E-state index contributed by atoms with van der Waals surface area (Å²) in [6, 6.07) is 0.0783. The number of carbonyl (C=O) groups is 2. The Hall–Kier alpha value is -1.85. The Morgan fingerprint density at radius 2 is 2.00 bits per heavy atom. The van der Waals surface area contributed by atoms with Gasteiger partial charge in [-0.05, 0) is 27.7 Å². The van der Waals surface area contributed by atoms with Crippen LogP contribution in [0, 0.1) is 13.8 Å². The summed E-state index contributed by atoms with van der Waals surface area (Å²) < 4.78 is 6.20. The Kier molecular flexibility index (Phi) is 4.47. The summed E-state index contributed by atoms with van der Waals surface area (Å²) >= 11 is 0. The maximum Gasteiger partial charge on any atom is 0.341 e. The molecule has 1 N–H and O–H groups in total. The molecule has 0 fully saturated rings. The van der Waals surface area contributed by atoms with Crippen LogP contribution < -0.4 is 5.32 Å². The van der Waals surface area contributed by atoms with E-state index in [2.05, 4.69) is 15.2 Å². The van der Waals surface area contributed by atoms with Gasteiger partial charge in [-0.3, -0.25) is 9.48 Å². The van der Waals surface area contributed by atoms with Crippen molar-refractivity contribution in [2.24, 2.45) is 0 Å². The van der Waals surface area contributed by atoms with Gasteiger partial charge >= 0.3 is 5.97 Å². The third kappa shape index (κ3) is 3.09. The first-order valence-corrected chi connectivity index (χ1v) is 5.78. The van der Waals surface area contributed by atoms with E-state index < -0.39 is 5.97 Å². The number of nitrogens with one attached hydrogen (secondary N) is 1. The average Bonchev–Trinajstić information content (AvgIpc) is 2.52. The molecule has 18 heavy (non-hydrogen) atoms. The lowest BCUT2D eigenvalue weighted by atomic mass is 10.2. The van der Waals surface area contributed by atoms with Gasteiger partial charge in [-0.15, -0.1) is 0 Å². The fraction of sp³-hybridized carbons (Fsp3) is 0.583. The van der Waals surface area contributed by atoms with E-state index in [0.29, 0.717) is 17.0 Å². The van der Waals surface area contributed by atoms with Gasteiger partial charge in [0.15, 0.2) is 0 Å². The highest BCUT2D eigenvalue weighted by Crippen LogP contribution is 2.13. The number of aryl methyl sites for hydroxylation is 1. The number of hydrogen-bond donors (Lipinski definition) is 1. The van der Waals surface area contributed by atoms with E-state index in [1.807, 2.05) is 13.8 Å². The molecule has 0 saturated heterocycles. The van der Waals surface area contributed by atoms with Gasteiger partial charge in [-0.1, -0.05) is 0 Å². The third-order valence-corrected chi connectivity index (χ3v) is 2.51. The van der Waals surface area contributed by atoms with Crippen molar-refractivity contribution in [3.05, 3.63) is 17.0 Å². The zero-order valence-corrected chi connectivity index (χ0v) is 11.4. The molecule has 0 unspecified atom stereocenters. The molecule has 0 spiro atoms. The normalized spacial score (nSPS) is 10.6. The molecular formula is C12H19N3O3. The van der Waals surface area contributed by atoms with Crippen molar-refractivity contribution in [3.8, 4) is 0 Å². The average molecular weight is 253 g/mol. The number of amides is 1. The second-order valence-corrected chi connectivity index (χ2v) is 4.42. The van der Waals surface area contributed by atoms with Gasteiger partial charge in [0.2, 0.25) is 5.91 Å². The molecule has 1 amide bonds. The van der Waals surface area contributed by atoms with Crippen LogP contribution in [-0.2, 0) is 16.1 Å². The molecule has 0 aliphatic carbocycles. The second kappa shape index (κ2) is 5.66. The standard InChI is InChI=1S/C12H19N3O3/c1-7(2)13-10(16)6-15-9(4)11(8(3)14-15)12(17)18-5/h7H,6H2,1-5H3,(H,13,16). The maximum absolute atomic E-state index is 11.6. The highest BCUT2D eigenvalue weighted by Gasteiger charge is 2.20. The first-order chi connectivity index (χ1) is 8.36. The van der Waals surface area contributed by atoms with Crippen molar-refractivity contribution in [1.82, 2.24) is 15.1 Å². The van der Waals surface area contributed by atoms with Crippen LogP contribution in [0.2, 0.25) is 0 Å². The van der Waals surface area contributed by atoms with E-state index >= 15 is 0 Å². The molecule has 6 nitrogen and oxygen atoms in total. The zero-order chi connectivity index (χ0) is 13.9. The molecule has 0 aromatic carbocycles. The summed E-state index contributed by atoms with van der Waals surface area (Å²) in [5.41, 5.74) is 1.63. The number of esters is 1. The minimum absolute atomic E-state index is 0.0783. The van der Waals surface area contributed by atoms with Crippen molar-refractivity contribution in [3.63, 3.8) is 0 Å². The lowest BCUT2D eigenvalue weighted by Gasteiger charge is -2.09. The van der Waals surface area contributed by atoms with E-state index in [1.54, 1.807) is 13.8 Å². The SMILES string of the molecule is COC(=O)c1c(C)nn(CC(=O)NC(C)C)c1C. The number of carbonyl (C=O) groups excluding carboxylic acids is 2. The van der Waals surface area contributed by atoms with E-state index in [9.17, 15) is 9.59 Å². The van der Waals surface area contributed by atoms with Crippen LogP contribution in [0.4, 0.5) is 0 Å². The molecule has 0 bridgehead atoms. The number of ether oxygens (including phenoxy) is 1. The van der Waals surface area contributed by atoms with Crippen LogP contribution >= 0.6 is 0 Å². The summed E-state index contributed by atoms with van der Waals surface area (Å²) in [7, 11) is 1.32. The van der Waals surface area contributed by atoms with E-state index in [-0.39, 0.29) is 18.5 Å². The van der Waals surface area contributed by atoms with Crippen LogP contribution in [0.25, 0.3) is 0 Å². The van der Waals surface area contributed by atoms with Crippen molar-refractivity contribution < 1.29 is 14.3 Å². The van der Waals surface area contributed by atoms with Crippen molar-refractivity contribution in [2.45, 2.75) is 40.3 Å². The summed E-state index contributed by atoms with van der Waals surface area (Å²) in [6.07, 6.45) is 0. The Bertz CT molecular complexity index is 463. The van der Waals surface area contributed by atoms with Crippen LogP contribution in [0.3, 0.4) is 0 Å². The van der Waals surface area contributed by atoms with Gasteiger partial charge in [-0.2, -0.15) is 5.10 Å². The van der Waals surface area contributed by atoms with Crippen LogP contribution in [0.1, 0.15) is 35.6 Å². The molecule has 0 aliphatic heterocycles. The van der Waals surface area contributed by atoms with E-state index in [0.717, 1.165) is 0 Å². The molecule has 0 aliphatic rings. The summed E-state index contributed by atoms with van der Waals surface area (Å²) in [5, 5.41) is 6.96. The van der Waals surface area contributed by atoms with E-state index in [1.165, 1.54) is 11.8 Å². The molecular weight excluding hydrogens is 234 g/mol. The van der Waals surface area contributed by atoms with Crippen molar-refractivity contribution in [2.75, 3.05) is 7.11 Å². The molecule has 0 saturated carbocycles. The topological polar surface area (TPSA) is 73.2 Å². The van der Waals surface area contributed by atoms with Gasteiger partial charge < -0.3 is 10.1 Å². The van der Waals surface area contributed by atoms with Gasteiger partial charge in [0.25, 0.3) is 0 Å². The summed E-state index contributed by atoms with van der Waals surface area (Å²) in [6.45, 7) is 7.34. The number of aromatic nitrogens is 2. The van der Waals surface area contributed by atoms with Crippen LogP contribution in [0.15, 0.2) is 0 Å². The lowest BCUT2D eigenvalue weighted by molar-refractivity contribution is -0.122. The lowest BCUT2D eigenvalue weighted by Crippen LogP contribution is -2.33. The summed E-state index contributed by atoms with van der Waals surface area (Å²) in [5.74, 6) is -0.562. The molecule has 0 atom stereocenters. The first-order valence-electron chi connectivity index (χ1n) is 5.78. The molecule has 1 rings (SSSR count). The molecule has 100 valence electrons. The minimum atomic E-state index is -0.430. The van der Waals surface area contributed by atoms with Gasteiger partial charge in [0.1, 0.15) is 12.1 Å². The smallest absolute Gasteiger partial charge is 0.341 e. The number of rotatable bonds is 4. The Morgan fingerprint density at radius 1 is 1.39 bits per heavy atom. The molecule has 0 radical (unpaired) electrons. The molecule has 1 heterocycles. The Balaban J connectivity index is 2.92. The van der Waals surface area contributed by atoms with Crippen molar-refractivity contribution in [1.29, 1.82) is 0 Å². The molecule has 1 aromatic rings. The Labute approximate surface area is 106 Å². The number of methoxy groups -OCH3 is 1. The highest BCUT2D eigenvalue weighted by atomic mass is 16.5. The zero-order valence-electron chi connectivity index (χ0n) is 11.4. The fourth-order valence-electron chi connectivity index (χ4n) is 1.75. The van der Waals surface area contributed by atoms with Crippen LogP contribution in [-0.4, -0.2) is 34.8 Å². The second-order valence-electron chi connectivity index (χ2n) is 4.42. The molecule has 1 aromatic heterocycles. The first kappa shape index (κ1) is 14.2. The molecule has 6 heteroatoms. The quantitative estimate of drug-likeness (QED) is 0.806. The van der Waals surface area contributed by atoms with Gasteiger partial charge in [-0.25, -0.2) is 4.79 Å². The van der Waals surface area contributed by atoms with Crippen LogP contribution in [0.5, 0.6) is 0 Å². The largest absolute Gasteiger partial charge is 0.465 e. The fourth-order valence-corrected chi connectivity index (χ4v) is 1.75. The predicted octanol–water partition coefficient (Wildman–Crippen LogP) is 0.811. The number of nitrogens with zero attached hydrogens (tertiary/aromatic N) is 2. The predicted molar refractivity (Wildman–Crippen MR) is 66.3 cm³/mol. The minimum Gasteiger partial charge on any atom is -0.465 e. The maximum atomic E-state index is 11.6. The highest BCUT2D eigenvalue weighted by molar-refractivity contribution is 5.91. The summed E-state index contributed by atoms with van der Waals surface area (Å²) in [4.78, 5) is 23.2. The third-order valence-electron chi connectivity index (χ3n) is 2.51. The monoisotopic (exact) mass is 253 g/mol. The van der Waals surface area contributed by atoms with Gasteiger partial charge in [0, 0.05) is 6.04 Å². The Morgan fingerprint density at radius 3 is 2.50 bits per heavy atom. The van der Waals surface area contributed by atoms with Crippen molar-refractivity contribution >= 4 is 11.9 Å². The van der Waals surface area contributed by atoms with Gasteiger partial charge in [0.05, 0.1) is 18.5 Å².